The van der Waals surface area contributed by atoms with Crippen molar-refractivity contribution in [1.82, 2.24) is 0 Å². The van der Waals surface area contributed by atoms with Crippen molar-refractivity contribution in [1.29, 1.82) is 0 Å². The van der Waals surface area contributed by atoms with Gasteiger partial charge in [0.1, 0.15) is 5.75 Å². The fourth-order valence-electron chi connectivity index (χ4n) is 2.51. The molecule has 124 valence electrons. The molecular weight excluding hydrogens is 304 g/mol. The van der Waals surface area contributed by atoms with E-state index in [1.165, 1.54) is 0 Å². The van der Waals surface area contributed by atoms with E-state index < -0.39 is 0 Å². The molecule has 2 aromatic carbocycles. The third-order valence-electron chi connectivity index (χ3n) is 3.99. The zero-order valence-corrected chi connectivity index (χ0v) is 13.8. The van der Waals surface area contributed by atoms with Crippen molar-refractivity contribution in [3.8, 4) is 5.75 Å². The van der Waals surface area contributed by atoms with E-state index in [0.717, 1.165) is 0 Å². The molecule has 0 radical (unpaired) electrons. The molecule has 0 aliphatic rings. The predicted octanol–water partition coefficient (Wildman–Crippen LogP) is 4.07. The Morgan fingerprint density at radius 2 is 1.54 bits per heavy atom. The van der Waals surface area contributed by atoms with Gasteiger partial charge in [0.05, 0.1) is 11.5 Å². The summed E-state index contributed by atoms with van der Waals surface area (Å²) in [5.41, 5.74) is 0.869. The SMILES string of the molecule is CCC(CC)C(=O)Oc1ccccc1C(=O)c1ccccc1C=O. The maximum Gasteiger partial charge on any atom is 0.314 e. The Kier molecular flexibility index (Phi) is 6.01. The quantitative estimate of drug-likeness (QED) is 0.333. The second-order valence-corrected chi connectivity index (χ2v) is 5.46. The summed E-state index contributed by atoms with van der Waals surface area (Å²) in [5, 5.41) is 0. The van der Waals surface area contributed by atoms with Gasteiger partial charge in [-0.05, 0) is 25.0 Å². The van der Waals surface area contributed by atoms with Crippen LogP contribution in [0.4, 0.5) is 0 Å². The van der Waals surface area contributed by atoms with Crippen molar-refractivity contribution >= 4 is 18.0 Å². The Hall–Kier alpha value is -2.75. The van der Waals surface area contributed by atoms with Crippen LogP contribution in [0.1, 0.15) is 53.0 Å². The average Bonchev–Trinajstić information content (AvgIpc) is 2.62. The summed E-state index contributed by atoms with van der Waals surface area (Å²) in [5.74, 6) is -0.662. The Bertz CT molecular complexity index is 745. The second kappa shape index (κ2) is 8.20. The van der Waals surface area contributed by atoms with E-state index >= 15 is 0 Å². The van der Waals surface area contributed by atoms with Crippen LogP contribution in [0.2, 0.25) is 0 Å². The molecule has 0 aliphatic heterocycles. The van der Waals surface area contributed by atoms with E-state index in [4.69, 9.17) is 4.74 Å². The molecule has 0 aliphatic carbocycles. The smallest absolute Gasteiger partial charge is 0.314 e. The van der Waals surface area contributed by atoms with E-state index in [2.05, 4.69) is 0 Å². The van der Waals surface area contributed by atoms with Crippen LogP contribution in [-0.2, 0) is 4.79 Å². The maximum atomic E-state index is 12.8. The normalized spacial score (nSPS) is 10.5. The molecule has 0 saturated carbocycles. The van der Waals surface area contributed by atoms with E-state index in [1.54, 1.807) is 48.5 Å². The Balaban J connectivity index is 2.36. The first kappa shape index (κ1) is 17.6. The number of benzene rings is 2. The maximum absolute atomic E-state index is 12.8. The molecule has 0 fully saturated rings. The minimum Gasteiger partial charge on any atom is -0.426 e. The van der Waals surface area contributed by atoms with Crippen LogP contribution in [-0.4, -0.2) is 18.0 Å². The molecule has 0 bridgehead atoms. The van der Waals surface area contributed by atoms with Crippen molar-refractivity contribution in [2.45, 2.75) is 26.7 Å². The first-order chi connectivity index (χ1) is 11.6. The van der Waals surface area contributed by atoms with Crippen LogP contribution < -0.4 is 4.74 Å². The van der Waals surface area contributed by atoms with Crippen LogP contribution >= 0.6 is 0 Å². The van der Waals surface area contributed by atoms with Gasteiger partial charge in [0.15, 0.2) is 12.1 Å². The molecule has 0 aromatic heterocycles. The largest absolute Gasteiger partial charge is 0.426 e. The topological polar surface area (TPSA) is 60.4 Å². The highest BCUT2D eigenvalue weighted by molar-refractivity contribution is 6.14. The summed E-state index contributed by atoms with van der Waals surface area (Å²) in [6.45, 7) is 3.85. The Morgan fingerprint density at radius 1 is 0.958 bits per heavy atom. The van der Waals surface area contributed by atoms with Gasteiger partial charge in [0.2, 0.25) is 0 Å². The van der Waals surface area contributed by atoms with Crippen LogP contribution in [0.5, 0.6) is 5.75 Å². The number of rotatable bonds is 7. The Morgan fingerprint density at radius 3 is 2.17 bits per heavy atom. The van der Waals surface area contributed by atoms with Gasteiger partial charge in [0, 0.05) is 11.1 Å². The van der Waals surface area contributed by atoms with Crippen LogP contribution in [0.3, 0.4) is 0 Å². The number of aldehydes is 1. The van der Waals surface area contributed by atoms with Crippen molar-refractivity contribution in [3.63, 3.8) is 0 Å². The third-order valence-corrected chi connectivity index (χ3v) is 3.99. The van der Waals surface area contributed by atoms with Gasteiger partial charge in [-0.2, -0.15) is 0 Å². The van der Waals surface area contributed by atoms with Crippen molar-refractivity contribution in [2.75, 3.05) is 0 Å². The standard InChI is InChI=1S/C20H20O4/c1-3-14(4-2)20(23)24-18-12-8-7-11-17(18)19(22)16-10-6-5-9-15(16)13-21/h5-14H,3-4H2,1-2H3. The average molecular weight is 324 g/mol. The van der Waals surface area contributed by atoms with Crippen LogP contribution in [0.15, 0.2) is 48.5 Å². The van der Waals surface area contributed by atoms with Gasteiger partial charge >= 0.3 is 5.97 Å². The minimum absolute atomic E-state index is 0.199. The molecule has 0 heterocycles. The van der Waals surface area contributed by atoms with E-state index in [-0.39, 0.29) is 29.0 Å². The number of para-hydroxylation sites is 1. The van der Waals surface area contributed by atoms with Crippen LogP contribution in [0, 0.1) is 5.92 Å². The van der Waals surface area contributed by atoms with Gasteiger partial charge in [-0.25, -0.2) is 0 Å². The second-order valence-electron chi connectivity index (χ2n) is 5.46. The van der Waals surface area contributed by atoms with E-state index in [1.807, 2.05) is 13.8 Å². The molecule has 0 amide bonds. The number of hydrogen-bond donors (Lipinski definition) is 0. The van der Waals surface area contributed by atoms with E-state index in [9.17, 15) is 14.4 Å². The predicted molar refractivity (Wildman–Crippen MR) is 91.4 cm³/mol. The summed E-state index contributed by atoms with van der Waals surface area (Å²) in [6.07, 6.45) is 2.00. The molecule has 4 heteroatoms. The highest BCUT2D eigenvalue weighted by atomic mass is 16.5. The number of ether oxygens (including phenoxy) is 1. The molecule has 0 N–H and O–H groups in total. The molecule has 2 rings (SSSR count). The molecule has 2 aromatic rings. The highest BCUT2D eigenvalue weighted by Crippen LogP contribution is 2.24. The summed E-state index contributed by atoms with van der Waals surface area (Å²) in [7, 11) is 0. The van der Waals surface area contributed by atoms with Crippen molar-refractivity contribution < 1.29 is 19.1 Å². The fraction of sp³-hybridized carbons (Fsp3) is 0.250. The molecular formula is C20H20O4. The highest BCUT2D eigenvalue weighted by Gasteiger charge is 2.21. The lowest BCUT2D eigenvalue weighted by Gasteiger charge is -2.14. The number of carbonyl (C=O) groups is 3. The number of esters is 1. The van der Waals surface area contributed by atoms with Gasteiger partial charge in [0.25, 0.3) is 0 Å². The number of hydrogen-bond acceptors (Lipinski definition) is 4. The Labute approximate surface area is 141 Å². The first-order valence-electron chi connectivity index (χ1n) is 8.01. The van der Waals surface area contributed by atoms with E-state index in [0.29, 0.717) is 30.3 Å². The van der Waals surface area contributed by atoms with Gasteiger partial charge in [-0.3, -0.25) is 14.4 Å². The molecule has 0 atom stereocenters. The third kappa shape index (κ3) is 3.77. The first-order valence-corrected chi connectivity index (χ1v) is 8.01. The summed E-state index contributed by atoms with van der Waals surface area (Å²) >= 11 is 0. The van der Waals surface area contributed by atoms with Crippen molar-refractivity contribution in [2.24, 2.45) is 5.92 Å². The molecule has 0 spiro atoms. The molecule has 0 saturated heterocycles. The van der Waals surface area contributed by atoms with Crippen molar-refractivity contribution in [3.05, 3.63) is 65.2 Å². The van der Waals surface area contributed by atoms with Gasteiger partial charge in [-0.1, -0.05) is 50.2 Å². The summed E-state index contributed by atoms with van der Waals surface area (Å²) < 4.78 is 5.46. The molecule has 4 nitrogen and oxygen atoms in total. The van der Waals surface area contributed by atoms with Crippen LogP contribution in [0.25, 0.3) is 0 Å². The lowest BCUT2D eigenvalue weighted by atomic mass is 9.98. The number of carbonyl (C=O) groups excluding carboxylic acids is 3. The zero-order valence-electron chi connectivity index (χ0n) is 13.8. The molecule has 0 unspecified atom stereocenters. The minimum atomic E-state index is -0.344. The number of ketones is 1. The lowest BCUT2D eigenvalue weighted by molar-refractivity contribution is -0.139. The summed E-state index contributed by atoms with van der Waals surface area (Å²) in [6, 6.07) is 13.2. The fourth-order valence-corrected chi connectivity index (χ4v) is 2.51. The monoisotopic (exact) mass is 324 g/mol. The van der Waals surface area contributed by atoms with Gasteiger partial charge in [-0.15, -0.1) is 0 Å². The lowest BCUT2D eigenvalue weighted by Crippen LogP contribution is -2.20. The molecule has 24 heavy (non-hydrogen) atoms. The van der Waals surface area contributed by atoms with Gasteiger partial charge < -0.3 is 4.74 Å². The summed E-state index contributed by atoms with van der Waals surface area (Å²) in [4.78, 5) is 36.2. The zero-order chi connectivity index (χ0) is 17.5.